The molecule has 0 bridgehead atoms. The Bertz CT molecular complexity index is 1210. The van der Waals surface area contributed by atoms with Gasteiger partial charge >= 0.3 is 0 Å². The molecule has 0 aliphatic heterocycles. The number of rotatable bonds is 6. The lowest BCUT2D eigenvalue weighted by Crippen LogP contribution is -2.17. The largest absolute Gasteiger partial charge is 0.343 e. The van der Waals surface area contributed by atoms with Crippen molar-refractivity contribution in [3.63, 3.8) is 0 Å². The van der Waals surface area contributed by atoms with Gasteiger partial charge in [-0.05, 0) is 43.0 Å². The molecule has 5 rings (SSSR count). The standard InChI is InChI=1S/C25H21ClN4O/c26-21-7-4-8-22(12-21)29-25(31)23-11-19(16-30(23)15-17-9-10-17)20-13-27-24(28-14-20)18-5-2-1-3-6-18/h1-8,11-14,16-17H,9-10,15H2,(H,29,31). The van der Waals surface area contributed by atoms with Crippen LogP contribution in [0, 0.1) is 5.92 Å². The van der Waals surface area contributed by atoms with Gasteiger partial charge in [0, 0.05) is 52.5 Å². The molecule has 5 nitrogen and oxygen atoms in total. The van der Waals surface area contributed by atoms with Crippen molar-refractivity contribution in [1.29, 1.82) is 0 Å². The van der Waals surface area contributed by atoms with Gasteiger partial charge in [-0.1, -0.05) is 48.0 Å². The van der Waals surface area contributed by atoms with Gasteiger partial charge in [0.2, 0.25) is 0 Å². The number of hydrogen-bond donors (Lipinski definition) is 1. The zero-order valence-electron chi connectivity index (χ0n) is 16.8. The molecule has 2 aromatic heterocycles. The summed E-state index contributed by atoms with van der Waals surface area (Å²) >= 11 is 6.05. The number of amides is 1. The van der Waals surface area contributed by atoms with Gasteiger partial charge in [-0.15, -0.1) is 0 Å². The van der Waals surface area contributed by atoms with Crippen LogP contribution in [0.2, 0.25) is 5.02 Å². The molecule has 1 amide bonds. The van der Waals surface area contributed by atoms with E-state index >= 15 is 0 Å². The van der Waals surface area contributed by atoms with Crippen LogP contribution in [-0.4, -0.2) is 20.4 Å². The maximum Gasteiger partial charge on any atom is 0.272 e. The fourth-order valence-electron chi connectivity index (χ4n) is 3.56. The van der Waals surface area contributed by atoms with Gasteiger partial charge in [0.1, 0.15) is 5.69 Å². The van der Waals surface area contributed by atoms with Gasteiger partial charge in [-0.25, -0.2) is 9.97 Å². The normalized spacial score (nSPS) is 13.2. The SMILES string of the molecule is O=C(Nc1cccc(Cl)c1)c1cc(-c2cnc(-c3ccccc3)nc2)cn1CC1CC1. The maximum absolute atomic E-state index is 13.0. The van der Waals surface area contributed by atoms with Gasteiger partial charge in [-0.2, -0.15) is 0 Å². The van der Waals surface area contributed by atoms with Crippen molar-refractivity contribution in [2.24, 2.45) is 5.92 Å². The Labute approximate surface area is 185 Å². The highest BCUT2D eigenvalue weighted by molar-refractivity contribution is 6.31. The van der Waals surface area contributed by atoms with Gasteiger partial charge in [0.25, 0.3) is 5.91 Å². The number of aromatic nitrogens is 3. The van der Waals surface area contributed by atoms with Crippen LogP contribution in [0.25, 0.3) is 22.5 Å². The van der Waals surface area contributed by atoms with E-state index in [-0.39, 0.29) is 5.91 Å². The number of halogens is 1. The van der Waals surface area contributed by atoms with Crippen LogP contribution in [0.5, 0.6) is 0 Å². The van der Waals surface area contributed by atoms with Crippen LogP contribution in [0.1, 0.15) is 23.3 Å². The molecule has 6 heteroatoms. The summed E-state index contributed by atoms with van der Waals surface area (Å²) in [6.45, 7) is 0.835. The van der Waals surface area contributed by atoms with E-state index in [0.717, 1.165) is 23.2 Å². The predicted molar refractivity (Wildman–Crippen MR) is 123 cm³/mol. The third-order valence-corrected chi connectivity index (χ3v) is 5.62. The van der Waals surface area contributed by atoms with E-state index < -0.39 is 0 Å². The number of hydrogen-bond acceptors (Lipinski definition) is 3. The predicted octanol–water partition coefficient (Wildman–Crippen LogP) is 5.93. The van der Waals surface area contributed by atoms with Crippen molar-refractivity contribution in [1.82, 2.24) is 14.5 Å². The molecule has 2 aromatic carbocycles. The first kappa shape index (κ1) is 19.5. The van der Waals surface area contributed by atoms with Crippen molar-refractivity contribution in [2.45, 2.75) is 19.4 Å². The van der Waals surface area contributed by atoms with Crippen LogP contribution in [-0.2, 0) is 6.54 Å². The Hall–Kier alpha value is -3.44. The molecule has 0 atom stereocenters. The molecule has 31 heavy (non-hydrogen) atoms. The minimum absolute atomic E-state index is 0.156. The Morgan fingerprint density at radius 3 is 2.45 bits per heavy atom. The first-order valence-electron chi connectivity index (χ1n) is 10.3. The van der Waals surface area contributed by atoms with E-state index in [1.54, 1.807) is 12.1 Å². The second kappa shape index (κ2) is 8.36. The van der Waals surface area contributed by atoms with Gasteiger partial charge in [0.05, 0.1) is 0 Å². The van der Waals surface area contributed by atoms with Crippen LogP contribution < -0.4 is 5.32 Å². The summed E-state index contributed by atoms with van der Waals surface area (Å²) in [6, 6.07) is 18.9. The van der Waals surface area contributed by atoms with E-state index in [4.69, 9.17) is 11.6 Å². The molecular formula is C25H21ClN4O. The Balaban J connectivity index is 1.43. The highest BCUT2D eigenvalue weighted by Crippen LogP contribution is 2.33. The summed E-state index contributed by atoms with van der Waals surface area (Å²) in [5.74, 6) is 1.16. The van der Waals surface area contributed by atoms with Crippen LogP contribution in [0.4, 0.5) is 5.69 Å². The Morgan fingerprint density at radius 2 is 1.74 bits per heavy atom. The molecule has 0 radical (unpaired) electrons. The molecule has 0 unspecified atom stereocenters. The van der Waals surface area contributed by atoms with Crippen LogP contribution >= 0.6 is 11.6 Å². The number of nitrogens with zero attached hydrogens (tertiary/aromatic N) is 3. The zero-order valence-corrected chi connectivity index (χ0v) is 17.6. The molecule has 1 saturated carbocycles. The van der Waals surface area contributed by atoms with E-state index in [1.807, 2.05) is 71.7 Å². The van der Waals surface area contributed by atoms with Crippen molar-refractivity contribution >= 4 is 23.2 Å². The minimum atomic E-state index is -0.156. The van der Waals surface area contributed by atoms with E-state index in [0.29, 0.717) is 28.1 Å². The smallest absolute Gasteiger partial charge is 0.272 e. The minimum Gasteiger partial charge on any atom is -0.343 e. The molecule has 1 fully saturated rings. The van der Waals surface area contributed by atoms with Crippen LogP contribution in [0.3, 0.4) is 0 Å². The third kappa shape index (κ3) is 4.52. The lowest BCUT2D eigenvalue weighted by Gasteiger charge is -2.09. The molecule has 2 heterocycles. The quantitative estimate of drug-likeness (QED) is 0.414. The molecule has 1 aliphatic rings. The molecule has 4 aromatic rings. The van der Waals surface area contributed by atoms with Crippen molar-refractivity contribution < 1.29 is 4.79 Å². The first-order valence-corrected chi connectivity index (χ1v) is 10.7. The molecule has 0 saturated heterocycles. The number of anilines is 1. The second-order valence-corrected chi connectivity index (χ2v) is 8.27. The fraction of sp³-hybridized carbons (Fsp3) is 0.160. The summed E-state index contributed by atoms with van der Waals surface area (Å²) < 4.78 is 2.04. The monoisotopic (exact) mass is 428 g/mol. The van der Waals surface area contributed by atoms with Crippen LogP contribution in [0.15, 0.2) is 79.3 Å². The lowest BCUT2D eigenvalue weighted by atomic mass is 10.1. The van der Waals surface area contributed by atoms with E-state index in [1.165, 1.54) is 12.8 Å². The average molecular weight is 429 g/mol. The van der Waals surface area contributed by atoms with Gasteiger partial charge < -0.3 is 9.88 Å². The fourth-order valence-corrected chi connectivity index (χ4v) is 3.75. The molecule has 1 aliphatic carbocycles. The van der Waals surface area contributed by atoms with E-state index in [2.05, 4.69) is 15.3 Å². The highest BCUT2D eigenvalue weighted by atomic mass is 35.5. The van der Waals surface area contributed by atoms with Crippen molar-refractivity contribution in [3.05, 3.63) is 90.0 Å². The molecule has 0 spiro atoms. The average Bonchev–Trinajstić information content (AvgIpc) is 3.51. The number of benzene rings is 2. The molecule has 154 valence electrons. The van der Waals surface area contributed by atoms with E-state index in [9.17, 15) is 4.79 Å². The maximum atomic E-state index is 13.0. The topological polar surface area (TPSA) is 59.8 Å². The zero-order chi connectivity index (χ0) is 21.2. The number of carbonyl (C=O) groups excluding carboxylic acids is 1. The summed E-state index contributed by atoms with van der Waals surface area (Å²) in [4.78, 5) is 22.1. The Kier molecular flexibility index (Phi) is 5.26. The molecule has 1 N–H and O–H groups in total. The summed E-state index contributed by atoms with van der Waals surface area (Å²) in [5.41, 5.74) is 4.08. The first-order chi connectivity index (χ1) is 15.2. The second-order valence-electron chi connectivity index (χ2n) is 7.84. The van der Waals surface area contributed by atoms with Crippen molar-refractivity contribution in [3.8, 4) is 22.5 Å². The third-order valence-electron chi connectivity index (χ3n) is 5.38. The highest BCUT2D eigenvalue weighted by Gasteiger charge is 2.25. The van der Waals surface area contributed by atoms with Gasteiger partial charge in [-0.3, -0.25) is 4.79 Å². The van der Waals surface area contributed by atoms with Gasteiger partial charge in [0.15, 0.2) is 5.82 Å². The number of carbonyl (C=O) groups is 1. The Morgan fingerprint density at radius 1 is 0.968 bits per heavy atom. The summed E-state index contributed by atoms with van der Waals surface area (Å²) in [6.07, 6.45) is 8.05. The molecular weight excluding hydrogens is 408 g/mol. The van der Waals surface area contributed by atoms with Crippen molar-refractivity contribution in [2.75, 3.05) is 5.32 Å². The summed E-state index contributed by atoms with van der Waals surface area (Å²) in [5, 5.41) is 3.54. The summed E-state index contributed by atoms with van der Waals surface area (Å²) in [7, 11) is 0. The number of nitrogens with one attached hydrogen (secondary N) is 1. The lowest BCUT2D eigenvalue weighted by molar-refractivity contribution is 0.101.